The lowest BCUT2D eigenvalue weighted by molar-refractivity contribution is -0.139. The fourth-order valence-electron chi connectivity index (χ4n) is 4.23. The lowest BCUT2D eigenvalue weighted by Crippen LogP contribution is -2.35. The molecule has 0 aliphatic heterocycles. The van der Waals surface area contributed by atoms with Crippen molar-refractivity contribution in [3.63, 3.8) is 0 Å². The Kier molecular flexibility index (Phi) is 9.66. The number of anilines is 2. The number of nitrogens with one attached hydrogen (secondary N) is 2. The maximum Gasteiger partial charge on any atom is 0.341 e. The second-order valence-corrected chi connectivity index (χ2v) is 9.49. The highest BCUT2D eigenvalue weighted by Crippen LogP contribution is 2.47. The highest BCUT2D eigenvalue weighted by Gasteiger charge is 2.56. The van der Waals surface area contributed by atoms with E-state index >= 15 is 4.39 Å². The summed E-state index contributed by atoms with van der Waals surface area (Å²) in [4.78, 5) is 41.0. The molecule has 13 heteroatoms. The number of carbonyl (C=O) groups excluding carboxylic acids is 2. The minimum absolute atomic E-state index is 0. The molecule has 3 aromatic carbocycles. The summed E-state index contributed by atoms with van der Waals surface area (Å²) in [5, 5.41) is 14.6. The first-order chi connectivity index (χ1) is 20.2. The molecule has 1 heterocycles. The Morgan fingerprint density at radius 1 is 0.860 bits per heavy atom. The first-order valence-corrected chi connectivity index (χ1v) is 12.9. The van der Waals surface area contributed by atoms with Crippen LogP contribution in [0, 0.1) is 17.0 Å². The quantitative estimate of drug-likeness (QED) is 0.167. The monoisotopic (exact) mass is 603 g/mol. The van der Waals surface area contributed by atoms with Crippen LogP contribution in [0.1, 0.15) is 19.8 Å². The Balaban J connectivity index is 0.00000423. The molecule has 1 aromatic heterocycles. The fourth-order valence-corrected chi connectivity index (χ4v) is 4.23. The fraction of sp³-hybridized carbons (Fsp3) is 0.200. The largest absolute Gasteiger partial charge is 0.490 e. The molecule has 5 rings (SSSR count). The van der Waals surface area contributed by atoms with E-state index in [1.54, 1.807) is 13.0 Å². The van der Waals surface area contributed by atoms with E-state index < -0.39 is 41.4 Å². The summed E-state index contributed by atoms with van der Waals surface area (Å²) in [7, 11) is 0. The van der Waals surface area contributed by atoms with Gasteiger partial charge < -0.3 is 30.0 Å². The molecule has 0 radical (unpaired) electrons. The van der Waals surface area contributed by atoms with E-state index in [0.717, 1.165) is 6.07 Å². The number of nitrogens with zero attached hydrogens (tertiary/aromatic N) is 1. The number of amides is 2. The summed E-state index contributed by atoms with van der Waals surface area (Å²) >= 11 is 0. The van der Waals surface area contributed by atoms with Crippen molar-refractivity contribution in [2.45, 2.75) is 19.8 Å². The molecular weight excluding hydrogens is 577 g/mol. The van der Waals surface area contributed by atoms with Gasteiger partial charge in [0.25, 0.3) is 0 Å². The second-order valence-electron chi connectivity index (χ2n) is 9.49. The summed E-state index contributed by atoms with van der Waals surface area (Å²) in [6.45, 7) is 1.46. The van der Waals surface area contributed by atoms with E-state index in [9.17, 15) is 18.8 Å². The van der Waals surface area contributed by atoms with Gasteiger partial charge in [0.15, 0.2) is 29.7 Å². The molecule has 1 saturated carbocycles. The van der Waals surface area contributed by atoms with Gasteiger partial charge in [0.1, 0.15) is 17.0 Å². The molecule has 4 aromatic rings. The van der Waals surface area contributed by atoms with E-state index in [2.05, 4.69) is 15.6 Å². The molecular formula is C30H27F2MgN3O7. The van der Waals surface area contributed by atoms with Crippen LogP contribution in [0.2, 0.25) is 0 Å². The van der Waals surface area contributed by atoms with Crippen LogP contribution in [0.25, 0.3) is 10.9 Å². The van der Waals surface area contributed by atoms with Crippen LogP contribution in [0.3, 0.4) is 0 Å². The Labute approximate surface area is 260 Å². The predicted molar refractivity (Wildman–Crippen MR) is 156 cm³/mol. The van der Waals surface area contributed by atoms with E-state index in [1.165, 1.54) is 54.7 Å². The Hall–Kier alpha value is -4.49. The third-order valence-electron chi connectivity index (χ3n) is 6.55. The number of benzene rings is 3. The third kappa shape index (κ3) is 7.12. The Morgan fingerprint density at radius 3 is 2.14 bits per heavy atom. The zero-order chi connectivity index (χ0) is 29.9. The molecule has 0 bridgehead atoms. The Bertz CT molecular complexity index is 1680. The van der Waals surface area contributed by atoms with Gasteiger partial charge in [0, 0.05) is 35.1 Å². The molecule has 0 atom stereocenters. The first kappa shape index (κ1) is 31.4. The number of ether oxygens (including phenoxy) is 3. The number of fused-ring (bicyclic) bond motifs is 1. The summed E-state index contributed by atoms with van der Waals surface area (Å²) in [6, 6.07) is 13.6. The van der Waals surface area contributed by atoms with Crippen molar-refractivity contribution in [3.05, 3.63) is 78.5 Å². The minimum atomic E-state index is -1.30. The number of pyridine rings is 1. The molecule has 1 fully saturated rings. The Morgan fingerprint density at radius 2 is 1.51 bits per heavy atom. The normalized spacial score (nSPS) is 12.9. The number of hydrogen-bond acceptors (Lipinski definition) is 7. The number of rotatable bonds is 11. The standard InChI is InChI=1S/C30H25F2N3O7.Mg.2H/c1-2-40-25-14-20-22(15-26(25)41-16-27(36)37)33-12-9-23(20)42-24-8-7-19(13-21(24)32)35-29(39)30(10-11-30)28(38)34-18-5-3-17(31)4-6-18;;;/h3-9,12-15H,2,10-11,16H2,1H3,(H,34,38)(H,35,39)(H,36,37);;;. The molecule has 3 N–H and O–H groups in total. The average molecular weight is 604 g/mol. The number of aliphatic carboxylic acids is 1. The molecule has 2 amide bonds. The molecule has 1 aliphatic carbocycles. The van der Waals surface area contributed by atoms with Crippen LogP contribution in [-0.2, 0) is 14.4 Å². The van der Waals surface area contributed by atoms with Gasteiger partial charge in [0.2, 0.25) is 11.8 Å². The van der Waals surface area contributed by atoms with Gasteiger partial charge >= 0.3 is 29.0 Å². The molecule has 1 aliphatic rings. The van der Waals surface area contributed by atoms with Gasteiger partial charge in [-0.15, -0.1) is 0 Å². The summed E-state index contributed by atoms with van der Waals surface area (Å²) in [5.74, 6) is -2.94. The molecule has 220 valence electrons. The van der Waals surface area contributed by atoms with Crippen molar-refractivity contribution in [2.24, 2.45) is 5.41 Å². The molecule has 0 spiro atoms. The van der Waals surface area contributed by atoms with Gasteiger partial charge in [-0.05, 0) is 68.3 Å². The van der Waals surface area contributed by atoms with Gasteiger partial charge in [-0.3, -0.25) is 14.6 Å². The van der Waals surface area contributed by atoms with E-state index in [0.29, 0.717) is 29.4 Å². The van der Waals surface area contributed by atoms with Crippen LogP contribution >= 0.6 is 0 Å². The maximum absolute atomic E-state index is 15.1. The van der Waals surface area contributed by atoms with Crippen LogP contribution in [-0.4, -0.2) is 64.1 Å². The van der Waals surface area contributed by atoms with Crippen molar-refractivity contribution in [2.75, 3.05) is 23.8 Å². The zero-order valence-corrected chi connectivity index (χ0v) is 22.3. The topological polar surface area (TPSA) is 136 Å². The predicted octanol–water partition coefficient (Wildman–Crippen LogP) is 4.61. The lowest BCUT2D eigenvalue weighted by Gasteiger charge is -2.16. The summed E-state index contributed by atoms with van der Waals surface area (Å²) in [5.41, 5.74) is -0.422. The van der Waals surface area contributed by atoms with Gasteiger partial charge in [-0.1, -0.05) is 0 Å². The molecule has 10 nitrogen and oxygen atoms in total. The summed E-state index contributed by atoms with van der Waals surface area (Å²) < 4.78 is 45.0. The van der Waals surface area contributed by atoms with Crippen molar-refractivity contribution < 1.29 is 42.5 Å². The number of carbonyl (C=O) groups is 3. The SMILES string of the molecule is CCOc1cc2c(Oc3ccc(NC(=O)C4(C(=O)Nc5ccc(F)cc5)CC4)cc3F)ccnc2cc1OCC(=O)O.[MgH2]. The average Bonchev–Trinajstić information content (AvgIpc) is 3.77. The van der Waals surface area contributed by atoms with Crippen LogP contribution in [0.5, 0.6) is 23.0 Å². The van der Waals surface area contributed by atoms with E-state index in [-0.39, 0.29) is 58.3 Å². The van der Waals surface area contributed by atoms with Gasteiger partial charge in [-0.25, -0.2) is 13.6 Å². The minimum Gasteiger partial charge on any atom is -0.490 e. The van der Waals surface area contributed by atoms with E-state index in [4.69, 9.17) is 19.3 Å². The highest BCUT2D eigenvalue weighted by atomic mass is 24.3. The lowest BCUT2D eigenvalue weighted by atomic mass is 10.0. The maximum atomic E-state index is 15.1. The number of halogens is 2. The number of aromatic nitrogens is 1. The zero-order valence-electron chi connectivity index (χ0n) is 22.3. The molecule has 0 unspecified atom stereocenters. The smallest absolute Gasteiger partial charge is 0.341 e. The van der Waals surface area contributed by atoms with Crippen LogP contribution in [0.15, 0.2) is 66.9 Å². The number of hydrogen-bond donors (Lipinski definition) is 3. The van der Waals surface area contributed by atoms with Crippen molar-refractivity contribution in [1.82, 2.24) is 4.98 Å². The van der Waals surface area contributed by atoms with Crippen molar-refractivity contribution >= 4 is 63.1 Å². The third-order valence-corrected chi connectivity index (χ3v) is 6.55. The van der Waals surface area contributed by atoms with Crippen LogP contribution in [0.4, 0.5) is 20.2 Å². The van der Waals surface area contributed by atoms with Crippen molar-refractivity contribution in [1.29, 1.82) is 0 Å². The first-order valence-electron chi connectivity index (χ1n) is 12.9. The molecule has 43 heavy (non-hydrogen) atoms. The number of carboxylic acid groups (broad SMARTS) is 1. The highest BCUT2D eigenvalue weighted by molar-refractivity contribution is 6.16. The van der Waals surface area contributed by atoms with E-state index in [1.807, 2.05) is 0 Å². The number of carboxylic acids is 1. The van der Waals surface area contributed by atoms with Crippen LogP contribution < -0.4 is 24.8 Å². The second kappa shape index (κ2) is 13.2. The van der Waals surface area contributed by atoms with Crippen molar-refractivity contribution in [3.8, 4) is 23.0 Å². The summed E-state index contributed by atoms with van der Waals surface area (Å²) in [6.07, 6.45) is 2.08. The van der Waals surface area contributed by atoms with Gasteiger partial charge in [0.05, 0.1) is 12.1 Å². The molecule has 0 saturated heterocycles. The van der Waals surface area contributed by atoms with Gasteiger partial charge in [-0.2, -0.15) is 0 Å².